The van der Waals surface area contributed by atoms with E-state index in [-0.39, 0.29) is 5.75 Å². The van der Waals surface area contributed by atoms with Gasteiger partial charge in [-0.1, -0.05) is 60.8 Å². The summed E-state index contributed by atoms with van der Waals surface area (Å²) in [5.74, 6) is 0.285. The first-order chi connectivity index (χ1) is 8.28. The van der Waals surface area contributed by atoms with E-state index in [0.717, 1.165) is 16.7 Å². The van der Waals surface area contributed by atoms with Crippen LogP contribution in [-0.4, -0.2) is 10.5 Å². The van der Waals surface area contributed by atoms with E-state index in [1.54, 1.807) is 17.5 Å². The predicted octanol–water partition coefficient (Wildman–Crippen LogP) is 3.91. The number of rotatable bonds is 3. The fourth-order valence-electron chi connectivity index (χ4n) is 1.46. The highest BCUT2D eigenvalue weighted by Gasteiger charge is 1.90. The van der Waals surface area contributed by atoms with E-state index in [0.29, 0.717) is 0 Å². The Morgan fingerprint density at radius 3 is 1.59 bits per heavy atom. The number of thiocarbonyl (C=S) groups is 1. The predicted molar refractivity (Wildman–Crippen MR) is 76.2 cm³/mol. The highest BCUT2D eigenvalue weighted by atomic mass is 32.1. The van der Waals surface area contributed by atoms with Crippen LogP contribution in [0.15, 0.2) is 48.5 Å². The molecule has 0 atom stereocenters. The number of hydrogen-bond donors (Lipinski definition) is 1. The number of phenols is 1. The molecular weight excluding hydrogens is 228 g/mol. The molecule has 0 spiro atoms. The van der Waals surface area contributed by atoms with Crippen molar-refractivity contribution in [2.75, 3.05) is 0 Å². The first kappa shape index (κ1) is 11.6. The number of aromatic hydroxyl groups is 1. The maximum Gasteiger partial charge on any atom is 0.115 e. The zero-order valence-electron chi connectivity index (χ0n) is 9.21. The molecule has 0 saturated carbocycles. The second kappa shape index (κ2) is 5.41. The quantitative estimate of drug-likeness (QED) is 0.648. The van der Waals surface area contributed by atoms with Gasteiger partial charge in [0.15, 0.2) is 0 Å². The summed E-state index contributed by atoms with van der Waals surface area (Å²) in [6.45, 7) is 0. The van der Waals surface area contributed by atoms with Crippen LogP contribution in [0.4, 0.5) is 0 Å². The second-order valence-electron chi connectivity index (χ2n) is 3.71. The Bertz CT molecular complexity index is 524. The molecule has 0 aromatic heterocycles. The largest absolute Gasteiger partial charge is 0.508 e. The molecule has 17 heavy (non-hydrogen) atoms. The summed E-state index contributed by atoms with van der Waals surface area (Å²) < 4.78 is 0. The summed E-state index contributed by atoms with van der Waals surface area (Å²) in [7, 11) is 0. The van der Waals surface area contributed by atoms with Gasteiger partial charge in [-0.25, -0.2) is 0 Å². The minimum atomic E-state index is 0.285. The van der Waals surface area contributed by atoms with E-state index < -0.39 is 0 Å². The van der Waals surface area contributed by atoms with Crippen LogP contribution in [-0.2, 0) is 0 Å². The van der Waals surface area contributed by atoms with Gasteiger partial charge in [-0.2, -0.15) is 0 Å². The third-order valence-electron chi connectivity index (χ3n) is 2.43. The number of phenolic OH excluding ortho intramolecular Hbond substituents is 1. The van der Waals surface area contributed by atoms with Gasteiger partial charge in [0.05, 0.1) is 0 Å². The molecule has 2 aromatic carbocycles. The molecule has 2 aromatic rings. The van der Waals surface area contributed by atoms with Crippen LogP contribution in [0.1, 0.15) is 16.7 Å². The van der Waals surface area contributed by atoms with Crippen molar-refractivity contribution in [3.63, 3.8) is 0 Å². The fraction of sp³-hybridized carbons (Fsp3) is 0. The molecule has 0 bridgehead atoms. The topological polar surface area (TPSA) is 20.2 Å². The van der Waals surface area contributed by atoms with Crippen LogP contribution in [0.3, 0.4) is 0 Å². The lowest BCUT2D eigenvalue weighted by Crippen LogP contribution is -1.78. The highest BCUT2D eigenvalue weighted by molar-refractivity contribution is 7.79. The van der Waals surface area contributed by atoms with Gasteiger partial charge in [0.2, 0.25) is 0 Å². The van der Waals surface area contributed by atoms with Crippen molar-refractivity contribution >= 4 is 29.7 Å². The van der Waals surface area contributed by atoms with Crippen molar-refractivity contribution in [2.24, 2.45) is 0 Å². The van der Waals surface area contributed by atoms with Crippen LogP contribution in [0.5, 0.6) is 5.75 Å². The van der Waals surface area contributed by atoms with Crippen molar-refractivity contribution in [1.82, 2.24) is 0 Å². The smallest absolute Gasteiger partial charge is 0.115 e. The Morgan fingerprint density at radius 2 is 1.12 bits per heavy atom. The van der Waals surface area contributed by atoms with Crippen LogP contribution < -0.4 is 0 Å². The lowest BCUT2D eigenvalue weighted by Gasteiger charge is -1.96. The molecule has 0 radical (unpaired) electrons. The maximum absolute atomic E-state index is 9.16. The second-order valence-corrected chi connectivity index (χ2v) is 3.95. The standard InChI is InChI=1S/C15H12OS/c16-15-9-7-13(8-10-15)2-1-12-3-5-14(11-17)6-4-12/h1-11,16H/b2-1+. The van der Waals surface area contributed by atoms with Crippen molar-refractivity contribution < 1.29 is 5.11 Å². The van der Waals surface area contributed by atoms with Crippen LogP contribution >= 0.6 is 12.2 Å². The molecule has 0 fully saturated rings. The first-order valence-electron chi connectivity index (χ1n) is 5.30. The molecule has 0 amide bonds. The molecule has 84 valence electrons. The molecule has 0 aliphatic heterocycles. The van der Waals surface area contributed by atoms with Gasteiger partial charge >= 0.3 is 0 Å². The Balaban J connectivity index is 2.14. The van der Waals surface area contributed by atoms with Gasteiger partial charge in [0.25, 0.3) is 0 Å². The monoisotopic (exact) mass is 240 g/mol. The molecule has 0 aliphatic rings. The van der Waals surface area contributed by atoms with Crippen LogP contribution in [0.25, 0.3) is 12.2 Å². The summed E-state index contributed by atoms with van der Waals surface area (Å²) in [6.07, 6.45) is 4.03. The zero-order valence-corrected chi connectivity index (χ0v) is 10.0. The fourth-order valence-corrected chi connectivity index (χ4v) is 1.62. The summed E-state index contributed by atoms with van der Waals surface area (Å²) in [6, 6.07) is 15.1. The minimum Gasteiger partial charge on any atom is -0.508 e. The van der Waals surface area contributed by atoms with Gasteiger partial charge in [0.1, 0.15) is 5.75 Å². The molecule has 0 saturated heterocycles. The SMILES string of the molecule is Oc1ccc(/C=C/c2ccc(C=S)cc2)cc1. The Kier molecular flexibility index (Phi) is 3.68. The lowest BCUT2D eigenvalue weighted by molar-refractivity contribution is 0.475. The zero-order chi connectivity index (χ0) is 12.1. The summed E-state index contributed by atoms with van der Waals surface area (Å²) in [5.41, 5.74) is 3.22. The van der Waals surface area contributed by atoms with Gasteiger partial charge < -0.3 is 5.11 Å². The van der Waals surface area contributed by atoms with E-state index in [1.165, 1.54) is 0 Å². The van der Waals surface area contributed by atoms with Gasteiger partial charge in [0, 0.05) is 5.37 Å². The van der Waals surface area contributed by atoms with Gasteiger partial charge in [-0.05, 0) is 28.8 Å². The maximum atomic E-state index is 9.16. The molecule has 0 aliphatic carbocycles. The van der Waals surface area contributed by atoms with E-state index >= 15 is 0 Å². The third kappa shape index (κ3) is 3.26. The summed E-state index contributed by atoms with van der Waals surface area (Å²) >= 11 is 4.85. The molecule has 0 unspecified atom stereocenters. The molecule has 1 nitrogen and oxygen atoms in total. The average molecular weight is 240 g/mol. The van der Waals surface area contributed by atoms with E-state index in [1.807, 2.05) is 48.6 Å². The highest BCUT2D eigenvalue weighted by Crippen LogP contribution is 2.13. The summed E-state index contributed by atoms with van der Waals surface area (Å²) in [4.78, 5) is 0. The molecule has 2 rings (SSSR count). The van der Waals surface area contributed by atoms with E-state index in [4.69, 9.17) is 17.3 Å². The Morgan fingerprint density at radius 1 is 0.706 bits per heavy atom. The van der Waals surface area contributed by atoms with E-state index in [9.17, 15) is 0 Å². The molecule has 0 heterocycles. The van der Waals surface area contributed by atoms with E-state index in [2.05, 4.69) is 0 Å². The Labute approximate surface area is 106 Å². The lowest BCUT2D eigenvalue weighted by atomic mass is 10.1. The first-order valence-corrected chi connectivity index (χ1v) is 5.77. The minimum absolute atomic E-state index is 0.285. The number of benzene rings is 2. The van der Waals surface area contributed by atoms with Crippen molar-refractivity contribution in [3.8, 4) is 5.75 Å². The van der Waals surface area contributed by atoms with Gasteiger partial charge in [-0.15, -0.1) is 0 Å². The van der Waals surface area contributed by atoms with Crippen LogP contribution in [0.2, 0.25) is 0 Å². The molecular formula is C15H12OS. The molecule has 2 heteroatoms. The average Bonchev–Trinajstić information content (AvgIpc) is 2.39. The Hall–Kier alpha value is -1.93. The van der Waals surface area contributed by atoms with Crippen molar-refractivity contribution in [2.45, 2.75) is 0 Å². The van der Waals surface area contributed by atoms with Crippen LogP contribution in [0, 0.1) is 0 Å². The van der Waals surface area contributed by atoms with Crippen molar-refractivity contribution in [3.05, 3.63) is 65.2 Å². The number of hydrogen-bond acceptors (Lipinski definition) is 2. The van der Waals surface area contributed by atoms with Gasteiger partial charge in [-0.3, -0.25) is 0 Å². The van der Waals surface area contributed by atoms with Crippen molar-refractivity contribution in [1.29, 1.82) is 0 Å². The third-order valence-corrected chi connectivity index (χ3v) is 2.71. The molecule has 1 N–H and O–H groups in total. The summed E-state index contributed by atoms with van der Waals surface area (Å²) in [5, 5.41) is 10.8. The normalized spacial score (nSPS) is 10.6.